The third-order valence-electron chi connectivity index (χ3n) is 5.55. The van der Waals surface area contributed by atoms with Crippen molar-refractivity contribution in [3.05, 3.63) is 60.8 Å². The summed E-state index contributed by atoms with van der Waals surface area (Å²) >= 11 is 0. The molecule has 2 atom stereocenters. The Hall–Kier alpha value is -3.17. The molecule has 2 heterocycles. The molecule has 168 valence electrons. The largest absolute Gasteiger partial charge is 0.337 e. The van der Waals surface area contributed by atoms with Gasteiger partial charge in [-0.1, -0.05) is 50.2 Å². The molecule has 0 bridgehead atoms. The standard InChI is InChI=1S/C23H27N5O3S/c1-16-12-17(2)15-28(14-16)32(30,31)19-10-11-22(24-13-19)26-27-23(29)25-21-9-5-7-18-6-3-4-8-20(18)21/h3-11,13,16-17H,12,14-15H2,1-2H3,(H,24,26)(H2,25,27,29)/t16-,17+. The van der Waals surface area contributed by atoms with Crippen LogP contribution in [0.1, 0.15) is 20.3 Å². The van der Waals surface area contributed by atoms with Crippen LogP contribution >= 0.6 is 0 Å². The first-order valence-electron chi connectivity index (χ1n) is 10.6. The number of hydrogen-bond donors (Lipinski definition) is 3. The monoisotopic (exact) mass is 453 g/mol. The number of carbonyl (C=O) groups excluding carboxylic acids is 1. The number of amides is 2. The van der Waals surface area contributed by atoms with Crippen LogP contribution in [0.5, 0.6) is 0 Å². The summed E-state index contributed by atoms with van der Waals surface area (Å²) in [7, 11) is -3.59. The number of nitrogens with one attached hydrogen (secondary N) is 3. The molecule has 3 N–H and O–H groups in total. The lowest BCUT2D eigenvalue weighted by Gasteiger charge is -2.33. The highest BCUT2D eigenvalue weighted by Crippen LogP contribution is 2.27. The number of fused-ring (bicyclic) bond motifs is 1. The Bertz CT molecular complexity index is 1200. The summed E-state index contributed by atoms with van der Waals surface area (Å²) in [5.41, 5.74) is 5.91. The molecule has 0 aliphatic carbocycles. The van der Waals surface area contributed by atoms with Gasteiger partial charge in [0.1, 0.15) is 10.7 Å². The van der Waals surface area contributed by atoms with E-state index in [0.717, 1.165) is 17.2 Å². The Morgan fingerprint density at radius 1 is 1.00 bits per heavy atom. The number of nitrogens with zero attached hydrogens (tertiary/aromatic N) is 2. The van der Waals surface area contributed by atoms with Crippen molar-refractivity contribution in [2.75, 3.05) is 23.8 Å². The van der Waals surface area contributed by atoms with E-state index in [1.54, 1.807) is 0 Å². The molecule has 0 radical (unpaired) electrons. The summed E-state index contributed by atoms with van der Waals surface area (Å²) in [5.74, 6) is 0.983. The van der Waals surface area contributed by atoms with E-state index in [1.165, 1.54) is 22.6 Å². The molecule has 1 aliphatic rings. The van der Waals surface area contributed by atoms with Gasteiger partial charge in [0, 0.05) is 24.7 Å². The Labute approximate surface area is 188 Å². The molecule has 32 heavy (non-hydrogen) atoms. The van der Waals surface area contributed by atoms with Crippen molar-refractivity contribution in [1.29, 1.82) is 0 Å². The third kappa shape index (κ3) is 4.84. The summed E-state index contributed by atoms with van der Waals surface area (Å²) in [4.78, 5) is 16.6. The first-order valence-corrected chi connectivity index (χ1v) is 12.0. The second-order valence-corrected chi connectivity index (χ2v) is 10.3. The predicted molar refractivity (Wildman–Crippen MR) is 126 cm³/mol. The molecule has 0 saturated carbocycles. The van der Waals surface area contributed by atoms with Crippen molar-refractivity contribution in [1.82, 2.24) is 14.7 Å². The maximum atomic E-state index is 13.0. The smallest absolute Gasteiger partial charge is 0.306 e. The molecule has 2 aromatic carbocycles. The lowest BCUT2D eigenvalue weighted by Crippen LogP contribution is -2.42. The van der Waals surface area contributed by atoms with Crippen LogP contribution in [0.15, 0.2) is 65.7 Å². The zero-order valence-electron chi connectivity index (χ0n) is 18.1. The second-order valence-electron chi connectivity index (χ2n) is 8.38. The molecule has 0 unspecified atom stereocenters. The molecule has 4 rings (SSSR count). The molecular formula is C23H27N5O3S. The molecular weight excluding hydrogens is 426 g/mol. The van der Waals surface area contributed by atoms with Crippen molar-refractivity contribution >= 4 is 38.3 Å². The molecule has 1 aliphatic heterocycles. The number of rotatable bonds is 5. The molecule has 1 saturated heterocycles. The SMILES string of the molecule is C[C@@H]1C[C@H](C)CN(S(=O)(=O)c2ccc(NNC(=O)Nc3cccc4ccccc34)nc2)C1. The van der Waals surface area contributed by atoms with Gasteiger partial charge in [-0.25, -0.2) is 18.2 Å². The highest BCUT2D eigenvalue weighted by Gasteiger charge is 2.31. The van der Waals surface area contributed by atoms with Gasteiger partial charge in [-0.15, -0.1) is 0 Å². The zero-order chi connectivity index (χ0) is 22.7. The number of pyridine rings is 1. The van der Waals surface area contributed by atoms with Gasteiger partial charge in [-0.05, 0) is 41.8 Å². The minimum absolute atomic E-state index is 0.143. The van der Waals surface area contributed by atoms with Crippen LogP contribution in [0.25, 0.3) is 10.8 Å². The first-order chi connectivity index (χ1) is 15.3. The first kappa shape index (κ1) is 22.0. The summed E-state index contributed by atoms with van der Waals surface area (Å²) in [6.45, 7) is 5.17. The Morgan fingerprint density at radius 3 is 2.44 bits per heavy atom. The van der Waals surface area contributed by atoms with E-state index in [4.69, 9.17) is 0 Å². The number of benzene rings is 2. The number of hydrogen-bond acceptors (Lipinski definition) is 5. The Morgan fingerprint density at radius 2 is 1.72 bits per heavy atom. The van der Waals surface area contributed by atoms with E-state index >= 15 is 0 Å². The van der Waals surface area contributed by atoms with E-state index < -0.39 is 16.1 Å². The van der Waals surface area contributed by atoms with Gasteiger partial charge in [-0.2, -0.15) is 4.31 Å². The number of sulfonamides is 1. The van der Waals surface area contributed by atoms with E-state index in [2.05, 4.69) is 35.0 Å². The highest BCUT2D eigenvalue weighted by molar-refractivity contribution is 7.89. The molecule has 0 spiro atoms. The lowest BCUT2D eigenvalue weighted by atomic mass is 9.94. The van der Waals surface area contributed by atoms with Crippen molar-refractivity contribution in [2.45, 2.75) is 25.2 Å². The van der Waals surface area contributed by atoms with Crippen molar-refractivity contribution in [3.63, 3.8) is 0 Å². The van der Waals surface area contributed by atoms with E-state index in [1.807, 2.05) is 42.5 Å². The van der Waals surface area contributed by atoms with Gasteiger partial charge in [-0.3, -0.25) is 10.9 Å². The minimum Gasteiger partial charge on any atom is -0.306 e. The van der Waals surface area contributed by atoms with Crippen molar-refractivity contribution < 1.29 is 13.2 Å². The van der Waals surface area contributed by atoms with Gasteiger partial charge in [0.05, 0.1) is 5.69 Å². The third-order valence-corrected chi connectivity index (χ3v) is 7.37. The van der Waals surface area contributed by atoms with Gasteiger partial charge < -0.3 is 5.32 Å². The predicted octanol–water partition coefficient (Wildman–Crippen LogP) is 4.05. The average molecular weight is 454 g/mol. The molecule has 9 heteroatoms. The van der Waals surface area contributed by atoms with Gasteiger partial charge in [0.15, 0.2) is 0 Å². The number of urea groups is 1. The van der Waals surface area contributed by atoms with E-state index in [-0.39, 0.29) is 4.90 Å². The van der Waals surface area contributed by atoms with Gasteiger partial charge in [0.25, 0.3) is 0 Å². The van der Waals surface area contributed by atoms with Gasteiger partial charge >= 0.3 is 6.03 Å². The number of aromatic nitrogens is 1. The molecule has 8 nitrogen and oxygen atoms in total. The van der Waals surface area contributed by atoms with Gasteiger partial charge in [0.2, 0.25) is 10.0 Å². The van der Waals surface area contributed by atoms with Crippen molar-refractivity contribution in [2.24, 2.45) is 11.8 Å². The maximum Gasteiger partial charge on any atom is 0.337 e. The van der Waals surface area contributed by atoms with Crippen LogP contribution in [0.3, 0.4) is 0 Å². The second kappa shape index (κ2) is 9.13. The van der Waals surface area contributed by atoms with Crippen LogP contribution in [0.4, 0.5) is 16.3 Å². The maximum absolute atomic E-state index is 13.0. The lowest BCUT2D eigenvalue weighted by molar-refractivity contribution is 0.222. The fraction of sp³-hybridized carbons (Fsp3) is 0.304. The Balaban J connectivity index is 1.38. The molecule has 2 amide bonds. The molecule has 1 aromatic heterocycles. The summed E-state index contributed by atoms with van der Waals surface area (Å²) < 4.78 is 27.4. The number of hydrazine groups is 1. The number of piperidine rings is 1. The van der Waals surface area contributed by atoms with Crippen LogP contribution in [0, 0.1) is 11.8 Å². The van der Waals surface area contributed by atoms with Crippen LogP contribution < -0.4 is 16.2 Å². The van der Waals surface area contributed by atoms with E-state index in [9.17, 15) is 13.2 Å². The fourth-order valence-electron chi connectivity index (χ4n) is 4.17. The number of carbonyl (C=O) groups is 1. The Kier molecular flexibility index (Phi) is 6.29. The molecule has 1 fully saturated rings. The summed E-state index contributed by atoms with van der Waals surface area (Å²) in [6.07, 6.45) is 2.34. The highest BCUT2D eigenvalue weighted by atomic mass is 32.2. The van der Waals surface area contributed by atoms with Crippen LogP contribution in [0.2, 0.25) is 0 Å². The van der Waals surface area contributed by atoms with Crippen LogP contribution in [-0.4, -0.2) is 36.8 Å². The normalized spacial score (nSPS) is 19.4. The average Bonchev–Trinajstić information content (AvgIpc) is 2.77. The molecule has 3 aromatic rings. The van der Waals surface area contributed by atoms with Crippen molar-refractivity contribution in [3.8, 4) is 0 Å². The zero-order valence-corrected chi connectivity index (χ0v) is 18.9. The quantitative estimate of drug-likeness (QED) is 0.506. The summed E-state index contributed by atoms with van der Waals surface area (Å²) in [5, 5.41) is 4.75. The fourth-order valence-corrected chi connectivity index (χ4v) is 5.79. The van der Waals surface area contributed by atoms with Crippen LogP contribution in [-0.2, 0) is 10.0 Å². The topological polar surface area (TPSA) is 103 Å². The number of anilines is 2. The summed E-state index contributed by atoms with van der Waals surface area (Å²) in [6, 6.07) is 16.0. The van der Waals surface area contributed by atoms with E-state index in [0.29, 0.717) is 36.4 Å². The minimum atomic E-state index is -3.59.